The highest BCUT2D eigenvalue weighted by molar-refractivity contribution is 6.03. The molecule has 1 aromatic heterocycles. The van der Waals surface area contributed by atoms with Gasteiger partial charge in [0.05, 0.1) is 11.8 Å². The zero-order chi connectivity index (χ0) is 13.8. The smallest absolute Gasteiger partial charge is 0.258 e. The first kappa shape index (κ1) is 13.3. The SMILES string of the molecule is CCC(C)c1cccc(NC(=O)c2cnn(C)c2)c1. The average molecular weight is 257 g/mol. The summed E-state index contributed by atoms with van der Waals surface area (Å²) in [5.74, 6) is 0.365. The molecule has 2 rings (SSSR count). The molecule has 1 unspecified atom stereocenters. The van der Waals surface area contributed by atoms with E-state index in [-0.39, 0.29) is 5.91 Å². The van der Waals surface area contributed by atoms with Crippen molar-refractivity contribution in [1.29, 1.82) is 0 Å². The number of carbonyl (C=O) groups excluding carboxylic acids is 1. The van der Waals surface area contributed by atoms with E-state index in [0.29, 0.717) is 11.5 Å². The summed E-state index contributed by atoms with van der Waals surface area (Å²) in [7, 11) is 1.79. The largest absolute Gasteiger partial charge is 0.322 e. The Morgan fingerprint density at radius 2 is 2.26 bits per heavy atom. The van der Waals surface area contributed by atoms with Crippen molar-refractivity contribution in [2.45, 2.75) is 26.2 Å². The van der Waals surface area contributed by atoms with Gasteiger partial charge in [-0.2, -0.15) is 5.10 Å². The molecular formula is C15H19N3O. The molecule has 19 heavy (non-hydrogen) atoms. The first-order chi connectivity index (χ1) is 9.10. The van der Waals surface area contributed by atoms with Crippen molar-refractivity contribution >= 4 is 11.6 Å². The van der Waals surface area contributed by atoms with E-state index in [9.17, 15) is 4.79 Å². The predicted octanol–water partition coefficient (Wildman–Crippen LogP) is 3.19. The normalized spacial score (nSPS) is 12.2. The van der Waals surface area contributed by atoms with Gasteiger partial charge in [0, 0.05) is 18.9 Å². The van der Waals surface area contributed by atoms with Gasteiger partial charge < -0.3 is 5.32 Å². The first-order valence-electron chi connectivity index (χ1n) is 6.50. The van der Waals surface area contributed by atoms with Crippen LogP contribution in [0.3, 0.4) is 0 Å². The molecule has 1 atom stereocenters. The molecule has 100 valence electrons. The van der Waals surface area contributed by atoms with E-state index in [1.165, 1.54) is 5.56 Å². The van der Waals surface area contributed by atoms with E-state index >= 15 is 0 Å². The lowest BCUT2D eigenvalue weighted by Crippen LogP contribution is -2.11. The van der Waals surface area contributed by atoms with Crippen LogP contribution in [0.4, 0.5) is 5.69 Å². The van der Waals surface area contributed by atoms with Gasteiger partial charge in [0.15, 0.2) is 0 Å². The van der Waals surface area contributed by atoms with Gasteiger partial charge in [0.25, 0.3) is 5.91 Å². The van der Waals surface area contributed by atoms with E-state index in [2.05, 4.69) is 30.3 Å². The number of carbonyl (C=O) groups is 1. The summed E-state index contributed by atoms with van der Waals surface area (Å²) >= 11 is 0. The van der Waals surface area contributed by atoms with Crippen molar-refractivity contribution in [2.75, 3.05) is 5.32 Å². The fraction of sp³-hybridized carbons (Fsp3) is 0.333. The minimum Gasteiger partial charge on any atom is -0.322 e. The van der Waals surface area contributed by atoms with E-state index in [1.54, 1.807) is 24.1 Å². The standard InChI is InChI=1S/C15H19N3O/c1-4-11(2)12-6-5-7-14(8-12)17-15(19)13-9-16-18(3)10-13/h5-11H,4H2,1-3H3,(H,17,19). The van der Waals surface area contributed by atoms with Gasteiger partial charge >= 0.3 is 0 Å². The molecule has 4 nitrogen and oxygen atoms in total. The highest BCUT2D eigenvalue weighted by atomic mass is 16.1. The second-order valence-corrected chi connectivity index (χ2v) is 4.79. The van der Waals surface area contributed by atoms with Crippen LogP contribution in [0.15, 0.2) is 36.7 Å². The lowest BCUT2D eigenvalue weighted by molar-refractivity contribution is 0.102. The number of hydrogen-bond donors (Lipinski definition) is 1. The number of aromatic nitrogens is 2. The van der Waals surface area contributed by atoms with Crippen LogP contribution in [0.25, 0.3) is 0 Å². The van der Waals surface area contributed by atoms with Crippen molar-refractivity contribution in [1.82, 2.24) is 9.78 Å². The van der Waals surface area contributed by atoms with Crippen molar-refractivity contribution < 1.29 is 4.79 Å². The Balaban J connectivity index is 2.13. The van der Waals surface area contributed by atoms with Crippen LogP contribution in [0.2, 0.25) is 0 Å². The number of nitrogens with zero attached hydrogens (tertiary/aromatic N) is 2. The number of rotatable bonds is 4. The number of nitrogens with one attached hydrogen (secondary N) is 1. The molecule has 0 aliphatic rings. The number of aryl methyl sites for hydroxylation is 1. The van der Waals surface area contributed by atoms with Gasteiger partial charge in [-0.1, -0.05) is 26.0 Å². The quantitative estimate of drug-likeness (QED) is 0.914. The highest BCUT2D eigenvalue weighted by Crippen LogP contribution is 2.21. The van der Waals surface area contributed by atoms with Crippen LogP contribution in [0.5, 0.6) is 0 Å². The maximum atomic E-state index is 12.0. The Morgan fingerprint density at radius 1 is 1.47 bits per heavy atom. The Morgan fingerprint density at radius 3 is 2.89 bits per heavy atom. The van der Waals surface area contributed by atoms with Crippen molar-refractivity contribution in [3.05, 3.63) is 47.8 Å². The molecule has 0 radical (unpaired) electrons. The molecular weight excluding hydrogens is 238 g/mol. The maximum Gasteiger partial charge on any atom is 0.258 e. The van der Waals surface area contributed by atoms with E-state index in [1.807, 2.05) is 18.2 Å². The molecule has 0 aliphatic carbocycles. The molecule has 0 fully saturated rings. The zero-order valence-electron chi connectivity index (χ0n) is 11.6. The second kappa shape index (κ2) is 5.69. The summed E-state index contributed by atoms with van der Waals surface area (Å²) in [5, 5.41) is 6.89. The van der Waals surface area contributed by atoms with E-state index in [4.69, 9.17) is 0 Å². The third-order valence-electron chi connectivity index (χ3n) is 3.29. The molecule has 0 saturated heterocycles. The maximum absolute atomic E-state index is 12.0. The monoisotopic (exact) mass is 257 g/mol. The number of hydrogen-bond acceptors (Lipinski definition) is 2. The van der Waals surface area contributed by atoms with Crippen molar-refractivity contribution in [3.63, 3.8) is 0 Å². The third kappa shape index (κ3) is 3.22. The number of amides is 1. The van der Waals surface area contributed by atoms with Gasteiger partial charge in [0.2, 0.25) is 0 Å². The summed E-state index contributed by atoms with van der Waals surface area (Å²) in [5.41, 5.74) is 2.63. The molecule has 0 saturated carbocycles. The summed E-state index contributed by atoms with van der Waals surface area (Å²) < 4.78 is 1.62. The predicted molar refractivity (Wildman–Crippen MR) is 76.3 cm³/mol. The summed E-state index contributed by atoms with van der Waals surface area (Å²) in [4.78, 5) is 12.0. The number of benzene rings is 1. The van der Waals surface area contributed by atoms with Crippen LogP contribution in [0, 0.1) is 0 Å². The first-order valence-corrected chi connectivity index (χ1v) is 6.50. The molecule has 0 aliphatic heterocycles. The van der Waals surface area contributed by atoms with Gasteiger partial charge in [0.1, 0.15) is 0 Å². The van der Waals surface area contributed by atoms with Crippen LogP contribution < -0.4 is 5.32 Å². The second-order valence-electron chi connectivity index (χ2n) is 4.79. The summed E-state index contributed by atoms with van der Waals surface area (Å²) in [6.07, 6.45) is 4.35. The molecule has 1 amide bonds. The van der Waals surface area contributed by atoms with Crippen molar-refractivity contribution in [3.8, 4) is 0 Å². The molecule has 1 aromatic carbocycles. The Kier molecular flexibility index (Phi) is 4.00. The summed E-state index contributed by atoms with van der Waals surface area (Å²) in [6, 6.07) is 8.00. The lowest BCUT2D eigenvalue weighted by Gasteiger charge is -2.11. The average Bonchev–Trinajstić information content (AvgIpc) is 2.85. The van der Waals surface area contributed by atoms with Crippen LogP contribution in [-0.4, -0.2) is 15.7 Å². The summed E-state index contributed by atoms with van der Waals surface area (Å²) in [6.45, 7) is 4.34. The topological polar surface area (TPSA) is 46.9 Å². The van der Waals surface area contributed by atoms with E-state index < -0.39 is 0 Å². The number of anilines is 1. The van der Waals surface area contributed by atoms with Crippen molar-refractivity contribution in [2.24, 2.45) is 7.05 Å². The molecule has 0 spiro atoms. The van der Waals surface area contributed by atoms with Gasteiger partial charge in [-0.05, 0) is 30.0 Å². The van der Waals surface area contributed by atoms with Crippen LogP contribution in [0.1, 0.15) is 42.1 Å². The molecule has 1 heterocycles. The molecule has 1 N–H and O–H groups in total. The van der Waals surface area contributed by atoms with Crippen LogP contribution in [-0.2, 0) is 7.05 Å². The fourth-order valence-electron chi connectivity index (χ4n) is 1.90. The van der Waals surface area contributed by atoms with Gasteiger partial charge in [-0.25, -0.2) is 0 Å². The van der Waals surface area contributed by atoms with Gasteiger partial charge in [-0.15, -0.1) is 0 Å². The fourth-order valence-corrected chi connectivity index (χ4v) is 1.90. The van der Waals surface area contributed by atoms with Gasteiger partial charge in [-0.3, -0.25) is 9.48 Å². The highest BCUT2D eigenvalue weighted by Gasteiger charge is 2.09. The lowest BCUT2D eigenvalue weighted by atomic mass is 9.98. The Labute approximate surface area is 113 Å². The van der Waals surface area contributed by atoms with E-state index in [0.717, 1.165) is 12.1 Å². The minimum absolute atomic E-state index is 0.130. The zero-order valence-corrected chi connectivity index (χ0v) is 11.6. The molecule has 4 heteroatoms. The Hall–Kier alpha value is -2.10. The molecule has 2 aromatic rings. The Bertz CT molecular complexity index is 574. The van der Waals surface area contributed by atoms with Crippen LogP contribution >= 0.6 is 0 Å². The molecule has 0 bridgehead atoms. The third-order valence-corrected chi connectivity index (χ3v) is 3.29. The minimum atomic E-state index is -0.130.